The number of aliphatic hydroxyl groups is 2. The van der Waals surface area contributed by atoms with Gasteiger partial charge in [0.15, 0.2) is 11.6 Å². The fraction of sp³-hybridized carbons (Fsp3) is 0.188. The van der Waals surface area contributed by atoms with E-state index in [2.05, 4.69) is 10.6 Å². The average Bonchev–Trinajstić information content (AvgIpc) is 2.99. The minimum Gasteiger partial charge on any atom is -0.389 e. The summed E-state index contributed by atoms with van der Waals surface area (Å²) in [7, 11) is 0. The van der Waals surface area contributed by atoms with Gasteiger partial charge in [-0.1, -0.05) is 84.9 Å². The Morgan fingerprint density at radius 2 is 0.923 bits per heavy atom. The molecule has 0 fully saturated rings. The molecule has 0 saturated carbocycles. The number of nitrogens with one attached hydrogen (secondary N) is 2. The van der Waals surface area contributed by atoms with E-state index in [0.717, 1.165) is 0 Å². The molecule has 0 aliphatic carbocycles. The molecule has 4 aromatic rings. The van der Waals surface area contributed by atoms with E-state index in [1.54, 1.807) is 60.7 Å². The first-order chi connectivity index (χ1) is 19.0. The Morgan fingerprint density at radius 1 is 0.564 bits per heavy atom. The summed E-state index contributed by atoms with van der Waals surface area (Å²) in [4.78, 5) is 25.7. The standard InChI is InChI=1S/C32H32N2O5/c35-25(19-33-29-17-9-7-15-27(29)31(37)23-11-3-1-4-12-23)21-39-22-26(36)20-34-30-18-10-8-16-28(30)32(38)24-13-5-2-6-14-24/h1-18,25-26,33-36H,19-22H2. The Balaban J connectivity index is 1.22. The van der Waals surface area contributed by atoms with E-state index in [-0.39, 0.29) is 37.9 Å². The van der Waals surface area contributed by atoms with Crippen molar-refractivity contribution in [1.29, 1.82) is 0 Å². The van der Waals surface area contributed by atoms with Crippen LogP contribution in [0.5, 0.6) is 0 Å². The molecule has 39 heavy (non-hydrogen) atoms. The van der Waals surface area contributed by atoms with Gasteiger partial charge in [-0.25, -0.2) is 0 Å². The third-order valence-electron chi connectivity index (χ3n) is 6.09. The van der Waals surface area contributed by atoms with Gasteiger partial charge in [-0.2, -0.15) is 0 Å². The molecule has 4 rings (SSSR count). The van der Waals surface area contributed by atoms with Crippen molar-refractivity contribution in [3.63, 3.8) is 0 Å². The van der Waals surface area contributed by atoms with Crippen LogP contribution in [0.1, 0.15) is 31.8 Å². The van der Waals surface area contributed by atoms with Crippen LogP contribution < -0.4 is 10.6 Å². The summed E-state index contributed by atoms with van der Waals surface area (Å²) in [5, 5.41) is 27.0. The van der Waals surface area contributed by atoms with Crippen molar-refractivity contribution in [1.82, 2.24) is 0 Å². The predicted molar refractivity (Wildman–Crippen MR) is 152 cm³/mol. The van der Waals surface area contributed by atoms with Gasteiger partial charge in [0.2, 0.25) is 0 Å². The van der Waals surface area contributed by atoms with Gasteiger partial charge >= 0.3 is 0 Å². The molecule has 0 amide bonds. The second kappa shape index (κ2) is 14.0. The van der Waals surface area contributed by atoms with E-state index in [9.17, 15) is 19.8 Å². The minimum atomic E-state index is -0.853. The van der Waals surface area contributed by atoms with Gasteiger partial charge in [0.05, 0.1) is 25.4 Å². The lowest BCUT2D eigenvalue weighted by molar-refractivity contribution is 0.000585. The number of ether oxygens (including phenoxy) is 1. The normalized spacial score (nSPS) is 12.4. The van der Waals surface area contributed by atoms with E-state index in [0.29, 0.717) is 33.6 Å². The Morgan fingerprint density at radius 3 is 1.33 bits per heavy atom. The molecule has 0 aromatic heterocycles. The Hall–Kier alpha value is -4.30. The Labute approximate surface area is 228 Å². The molecule has 0 bridgehead atoms. The van der Waals surface area contributed by atoms with Gasteiger partial charge in [0, 0.05) is 46.7 Å². The van der Waals surface area contributed by atoms with Crippen LogP contribution in [0.15, 0.2) is 109 Å². The third kappa shape index (κ3) is 7.85. The van der Waals surface area contributed by atoms with E-state index < -0.39 is 12.2 Å². The number of rotatable bonds is 14. The lowest BCUT2D eigenvalue weighted by atomic mass is 10.0. The molecule has 0 saturated heterocycles. The number of benzene rings is 4. The van der Waals surface area contributed by atoms with Crippen molar-refractivity contribution < 1.29 is 24.5 Å². The number of ketones is 2. The van der Waals surface area contributed by atoms with Crippen LogP contribution in [-0.4, -0.2) is 60.3 Å². The van der Waals surface area contributed by atoms with Gasteiger partial charge in [-0.3, -0.25) is 9.59 Å². The zero-order valence-electron chi connectivity index (χ0n) is 21.5. The Kier molecular flexibility index (Phi) is 9.97. The first-order valence-corrected chi connectivity index (χ1v) is 12.8. The second-order valence-electron chi connectivity index (χ2n) is 9.09. The zero-order chi connectivity index (χ0) is 27.5. The minimum absolute atomic E-state index is 0.00192. The van der Waals surface area contributed by atoms with E-state index in [1.807, 2.05) is 48.5 Å². The summed E-state index contributed by atoms with van der Waals surface area (Å²) < 4.78 is 5.51. The topological polar surface area (TPSA) is 108 Å². The fourth-order valence-electron chi connectivity index (χ4n) is 4.07. The summed E-state index contributed by atoms with van der Waals surface area (Å²) in [6.07, 6.45) is -1.71. The number of hydrogen-bond donors (Lipinski definition) is 4. The van der Waals surface area contributed by atoms with E-state index >= 15 is 0 Å². The highest BCUT2D eigenvalue weighted by Gasteiger charge is 2.16. The van der Waals surface area contributed by atoms with Crippen molar-refractivity contribution >= 4 is 22.9 Å². The largest absolute Gasteiger partial charge is 0.389 e. The number of aliphatic hydroxyl groups excluding tert-OH is 2. The van der Waals surface area contributed by atoms with Crippen molar-refractivity contribution in [2.75, 3.05) is 36.9 Å². The lowest BCUT2D eigenvalue weighted by Crippen LogP contribution is -2.30. The fourth-order valence-corrected chi connectivity index (χ4v) is 4.07. The smallest absolute Gasteiger partial charge is 0.195 e. The van der Waals surface area contributed by atoms with Crippen LogP contribution in [-0.2, 0) is 4.74 Å². The molecule has 7 nitrogen and oxygen atoms in total. The van der Waals surface area contributed by atoms with Gasteiger partial charge in [0.1, 0.15) is 0 Å². The molecule has 4 N–H and O–H groups in total. The van der Waals surface area contributed by atoms with E-state index in [4.69, 9.17) is 4.74 Å². The summed E-state index contributed by atoms with van der Waals surface area (Å²) in [6, 6.07) is 32.4. The number of para-hydroxylation sites is 2. The van der Waals surface area contributed by atoms with Crippen LogP contribution >= 0.6 is 0 Å². The highest BCUT2D eigenvalue weighted by molar-refractivity contribution is 6.13. The molecule has 0 aliphatic rings. The number of anilines is 2. The third-order valence-corrected chi connectivity index (χ3v) is 6.09. The molecule has 0 radical (unpaired) electrons. The molecule has 0 heterocycles. The number of hydrogen-bond acceptors (Lipinski definition) is 7. The molecule has 7 heteroatoms. The predicted octanol–water partition coefficient (Wildman–Crippen LogP) is 4.41. The maximum Gasteiger partial charge on any atom is 0.195 e. The maximum absolute atomic E-state index is 12.9. The van der Waals surface area contributed by atoms with Gasteiger partial charge in [-0.05, 0) is 24.3 Å². The molecule has 2 atom stereocenters. The molecule has 2 unspecified atom stereocenters. The molecule has 200 valence electrons. The summed E-state index contributed by atoms with van der Waals surface area (Å²) in [6.45, 7) is 0.342. The lowest BCUT2D eigenvalue weighted by Gasteiger charge is -2.18. The maximum atomic E-state index is 12.9. The Bertz CT molecular complexity index is 1260. The van der Waals surface area contributed by atoms with Crippen LogP contribution in [0.25, 0.3) is 0 Å². The summed E-state index contributed by atoms with van der Waals surface area (Å²) in [5.41, 5.74) is 3.46. The molecular formula is C32H32N2O5. The summed E-state index contributed by atoms with van der Waals surface area (Å²) >= 11 is 0. The molecule has 0 spiro atoms. The monoisotopic (exact) mass is 524 g/mol. The van der Waals surface area contributed by atoms with Crippen LogP contribution in [0.2, 0.25) is 0 Å². The number of carbonyl (C=O) groups is 2. The summed E-state index contributed by atoms with van der Waals surface area (Å²) in [5.74, 6) is -0.209. The highest BCUT2D eigenvalue weighted by atomic mass is 16.5. The van der Waals surface area contributed by atoms with Gasteiger partial charge < -0.3 is 25.6 Å². The quantitative estimate of drug-likeness (QED) is 0.181. The molecule has 4 aromatic carbocycles. The van der Waals surface area contributed by atoms with Gasteiger partial charge in [-0.15, -0.1) is 0 Å². The van der Waals surface area contributed by atoms with Gasteiger partial charge in [0.25, 0.3) is 0 Å². The number of carbonyl (C=O) groups excluding carboxylic acids is 2. The van der Waals surface area contributed by atoms with Crippen molar-refractivity contribution in [2.24, 2.45) is 0 Å². The van der Waals surface area contributed by atoms with Crippen LogP contribution in [0.4, 0.5) is 11.4 Å². The zero-order valence-corrected chi connectivity index (χ0v) is 21.5. The molecule has 0 aliphatic heterocycles. The SMILES string of the molecule is O=C(c1ccccc1)c1ccccc1NCC(O)COCC(O)CNc1ccccc1C(=O)c1ccccc1. The second-order valence-corrected chi connectivity index (χ2v) is 9.09. The van der Waals surface area contributed by atoms with E-state index in [1.165, 1.54) is 0 Å². The van der Waals surface area contributed by atoms with Crippen molar-refractivity contribution in [3.8, 4) is 0 Å². The van der Waals surface area contributed by atoms with Crippen LogP contribution in [0, 0.1) is 0 Å². The average molecular weight is 525 g/mol. The highest BCUT2D eigenvalue weighted by Crippen LogP contribution is 2.20. The first kappa shape index (κ1) is 27.7. The van der Waals surface area contributed by atoms with Crippen molar-refractivity contribution in [3.05, 3.63) is 131 Å². The van der Waals surface area contributed by atoms with Crippen LogP contribution in [0.3, 0.4) is 0 Å². The van der Waals surface area contributed by atoms with Crippen molar-refractivity contribution in [2.45, 2.75) is 12.2 Å². The first-order valence-electron chi connectivity index (χ1n) is 12.8. The molecular weight excluding hydrogens is 492 g/mol.